The fourth-order valence-electron chi connectivity index (χ4n) is 2.62. The van der Waals surface area contributed by atoms with Crippen LogP contribution in [-0.4, -0.2) is 26.6 Å². The van der Waals surface area contributed by atoms with E-state index in [1.165, 1.54) is 6.08 Å². The predicted octanol–water partition coefficient (Wildman–Crippen LogP) is 2.46. The van der Waals surface area contributed by atoms with Crippen LogP contribution in [0.15, 0.2) is 54.6 Å². The number of benzene rings is 2. The number of hydrogen-bond acceptors (Lipinski definition) is 6. The molecular weight excluding hydrogens is 342 g/mol. The number of nitro groups is 2. The normalized spacial score (nSPS) is 13.7. The van der Waals surface area contributed by atoms with Crippen LogP contribution in [0.1, 0.15) is 11.1 Å². The second-order valence-corrected chi connectivity index (χ2v) is 5.53. The molecule has 2 aromatic rings. The van der Waals surface area contributed by atoms with E-state index in [1.54, 1.807) is 30.3 Å². The van der Waals surface area contributed by atoms with E-state index in [0.29, 0.717) is 5.56 Å². The van der Waals surface area contributed by atoms with Gasteiger partial charge in [0.05, 0.1) is 28.0 Å². The molecule has 0 aromatic heterocycles. The highest BCUT2D eigenvalue weighted by atomic mass is 16.6. The van der Waals surface area contributed by atoms with E-state index in [0.717, 1.165) is 23.1 Å². The van der Waals surface area contributed by atoms with Crippen LogP contribution < -0.4 is 0 Å². The largest absolute Gasteiger partial charge is 0.276 e. The van der Waals surface area contributed by atoms with Crippen LogP contribution in [0, 0.1) is 20.2 Å². The van der Waals surface area contributed by atoms with Crippen LogP contribution >= 0.6 is 0 Å². The molecule has 0 atom stereocenters. The lowest BCUT2D eigenvalue weighted by atomic mass is 10.1. The number of amides is 2. The Morgan fingerprint density at radius 3 is 2.00 bits per heavy atom. The van der Waals surface area contributed by atoms with Crippen LogP contribution in [0.5, 0.6) is 0 Å². The summed E-state index contributed by atoms with van der Waals surface area (Å²) < 4.78 is 0. The predicted molar refractivity (Wildman–Crippen MR) is 89.7 cm³/mol. The van der Waals surface area contributed by atoms with E-state index in [1.807, 2.05) is 0 Å². The average Bonchev–Trinajstić information content (AvgIpc) is 2.90. The van der Waals surface area contributed by atoms with Crippen molar-refractivity contribution in [2.45, 2.75) is 6.54 Å². The van der Waals surface area contributed by atoms with Crippen molar-refractivity contribution in [1.82, 2.24) is 4.90 Å². The fourth-order valence-corrected chi connectivity index (χ4v) is 2.62. The van der Waals surface area contributed by atoms with Gasteiger partial charge in [0.15, 0.2) is 0 Å². The molecule has 0 fully saturated rings. The molecule has 26 heavy (non-hydrogen) atoms. The SMILES string of the molecule is O=C1C=C(c2ccccc2)C(=O)N1Cc1cc([N+](=O)[O-])cc([N+](=O)[O-])c1. The molecule has 0 unspecified atom stereocenters. The van der Waals surface area contributed by atoms with Crippen molar-refractivity contribution in [2.75, 3.05) is 0 Å². The summed E-state index contributed by atoms with van der Waals surface area (Å²) in [6.45, 7) is -0.299. The zero-order valence-corrected chi connectivity index (χ0v) is 13.2. The quantitative estimate of drug-likeness (QED) is 0.462. The standard InChI is InChI=1S/C17H11N3O6/c21-16-9-15(12-4-2-1-3-5-12)17(22)18(16)10-11-6-13(19(23)24)8-14(7-11)20(25)26/h1-9H,10H2. The molecular formula is C17H11N3O6. The smallest absolute Gasteiger partial charge is 0.270 e. The summed E-state index contributed by atoms with van der Waals surface area (Å²) in [5.41, 5.74) is -0.0710. The summed E-state index contributed by atoms with van der Waals surface area (Å²) in [7, 11) is 0. The van der Waals surface area contributed by atoms with E-state index in [2.05, 4.69) is 0 Å². The molecule has 0 bridgehead atoms. The third-order valence-electron chi connectivity index (χ3n) is 3.82. The number of rotatable bonds is 5. The maximum absolute atomic E-state index is 12.5. The highest BCUT2D eigenvalue weighted by molar-refractivity contribution is 6.33. The number of nitrogens with zero attached hydrogens (tertiary/aromatic N) is 3. The molecule has 2 aromatic carbocycles. The van der Waals surface area contributed by atoms with E-state index in [9.17, 15) is 29.8 Å². The van der Waals surface area contributed by atoms with Crippen molar-refractivity contribution < 1.29 is 19.4 Å². The topological polar surface area (TPSA) is 124 Å². The van der Waals surface area contributed by atoms with Crippen LogP contribution in [0.4, 0.5) is 11.4 Å². The third-order valence-corrected chi connectivity index (χ3v) is 3.82. The molecule has 0 radical (unpaired) electrons. The highest BCUT2D eigenvalue weighted by Crippen LogP contribution is 2.27. The first-order valence-electron chi connectivity index (χ1n) is 7.42. The minimum atomic E-state index is -0.766. The maximum Gasteiger partial charge on any atom is 0.276 e. The van der Waals surface area contributed by atoms with Gasteiger partial charge in [-0.1, -0.05) is 30.3 Å². The molecule has 9 nitrogen and oxygen atoms in total. The van der Waals surface area contributed by atoms with Gasteiger partial charge >= 0.3 is 0 Å². The van der Waals surface area contributed by atoms with Gasteiger partial charge in [-0.15, -0.1) is 0 Å². The van der Waals surface area contributed by atoms with Crippen LogP contribution in [-0.2, 0) is 16.1 Å². The Kier molecular flexibility index (Phi) is 4.27. The second-order valence-electron chi connectivity index (χ2n) is 5.53. The lowest BCUT2D eigenvalue weighted by Crippen LogP contribution is -2.30. The van der Waals surface area contributed by atoms with Crippen molar-refractivity contribution in [3.63, 3.8) is 0 Å². The Morgan fingerprint density at radius 1 is 0.885 bits per heavy atom. The van der Waals surface area contributed by atoms with Crippen LogP contribution in [0.2, 0.25) is 0 Å². The van der Waals surface area contributed by atoms with Crippen molar-refractivity contribution in [3.8, 4) is 0 Å². The van der Waals surface area contributed by atoms with E-state index in [-0.39, 0.29) is 17.7 Å². The summed E-state index contributed by atoms with van der Waals surface area (Å²) in [5.74, 6) is -1.14. The Morgan fingerprint density at radius 2 is 1.46 bits per heavy atom. The highest BCUT2D eigenvalue weighted by Gasteiger charge is 2.32. The molecule has 130 valence electrons. The zero-order chi connectivity index (χ0) is 18.8. The molecule has 1 aliphatic heterocycles. The second kappa shape index (κ2) is 6.55. The zero-order valence-electron chi connectivity index (χ0n) is 13.2. The fraction of sp³-hybridized carbons (Fsp3) is 0.0588. The van der Waals surface area contributed by atoms with Crippen LogP contribution in [0.25, 0.3) is 5.57 Å². The number of carbonyl (C=O) groups is 2. The molecule has 0 spiro atoms. The molecule has 0 saturated carbocycles. The first-order chi connectivity index (χ1) is 12.4. The summed E-state index contributed by atoms with van der Waals surface area (Å²) in [6, 6.07) is 11.6. The maximum atomic E-state index is 12.5. The minimum Gasteiger partial charge on any atom is -0.270 e. The Hall–Kier alpha value is -3.88. The van der Waals surface area contributed by atoms with Crippen molar-refractivity contribution in [1.29, 1.82) is 0 Å². The number of hydrogen-bond donors (Lipinski definition) is 0. The first-order valence-corrected chi connectivity index (χ1v) is 7.42. The van der Waals surface area contributed by atoms with E-state index in [4.69, 9.17) is 0 Å². The summed E-state index contributed by atoms with van der Waals surface area (Å²) in [6.07, 6.45) is 1.18. The molecule has 9 heteroatoms. The first kappa shape index (κ1) is 17.0. The number of carbonyl (C=O) groups excluding carboxylic acids is 2. The van der Waals surface area contributed by atoms with Gasteiger partial charge in [-0.2, -0.15) is 0 Å². The van der Waals surface area contributed by atoms with Crippen molar-refractivity contribution in [3.05, 3.63) is 86.0 Å². The van der Waals surface area contributed by atoms with Gasteiger partial charge in [-0.3, -0.25) is 34.7 Å². The molecule has 0 N–H and O–H groups in total. The molecule has 2 amide bonds. The monoisotopic (exact) mass is 353 g/mol. The molecule has 1 heterocycles. The van der Waals surface area contributed by atoms with Crippen molar-refractivity contribution >= 4 is 28.8 Å². The van der Waals surface area contributed by atoms with Crippen LogP contribution in [0.3, 0.4) is 0 Å². The number of non-ortho nitro benzene ring substituents is 2. The molecule has 0 aliphatic carbocycles. The summed E-state index contributed by atoms with van der Waals surface area (Å²) >= 11 is 0. The summed E-state index contributed by atoms with van der Waals surface area (Å²) in [4.78, 5) is 46.0. The van der Waals surface area contributed by atoms with Gasteiger partial charge in [0, 0.05) is 18.2 Å². The Balaban J connectivity index is 1.90. The van der Waals surface area contributed by atoms with Gasteiger partial charge in [0.2, 0.25) is 0 Å². The van der Waals surface area contributed by atoms with Gasteiger partial charge in [-0.25, -0.2) is 0 Å². The van der Waals surface area contributed by atoms with Gasteiger partial charge in [0.1, 0.15) is 0 Å². The van der Waals surface area contributed by atoms with Gasteiger partial charge in [0.25, 0.3) is 23.2 Å². The minimum absolute atomic E-state index is 0.121. The molecule has 1 aliphatic rings. The van der Waals surface area contributed by atoms with E-state index >= 15 is 0 Å². The number of imide groups is 1. The molecule has 0 saturated heterocycles. The Bertz CT molecular complexity index is 935. The lowest BCUT2D eigenvalue weighted by molar-refractivity contribution is -0.394. The van der Waals surface area contributed by atoms with Gasteiger partial charge < -0.3 is 0 Å². The molecule has 3 rings (SSSR count). The lowest BCUT2D eigenvalue weighted by Gasteiger charge is -2.15. The van der Waals surface area contributed by atoms with Crippen molar-refractivity contribution in [2.24, 2.45) is 0 Å². The number of nitro benzene ring substituents is 2. The Labute approximate surface area is 146 Å². The van der Waals surface area contributed by atoms with Gasteiger partial charge in [-0.05, 0) is 11.1 Å². The third kappa shape index (κ3) is 3.18. The summed E-state index contributed by atoms with van der Waals surface area (Å²) in [5, 5.41) is 21.9. The van der Waals surface area contributed by atoms with E-state index < -0.39 is 33.0 Å². The average molecular weight is 353 g/mol.